The van der Waals surface area contributed by atoms with Crippen molar-refractivity contribution in [3.8, 4) is 0 Å². The fourth-order valence-corrected chi connectivity index (χ4v) is 2.69. The summed E-state index contributed by atoms with van der Waals surface area (Å²) in [5.41, 5.74) is 7.53. The Kier molecular flexibility index (Phi) is 4.19. The van der Waals surface area contributed by atoms with E-state index >= 15 is 0 Å². The van der Waals surface area contributed by atoms with Crippen molar-refractivity contribution in [3.63, 3.8) is 0 Å². The lowest BCUT2D eigenvalue weighted by Crippen LogP contribution is -2.01. The van der Waals surface area contributed by atoms with Crippen molar-refractivity contribution in [1.82, 2.24) is 9.78 Å². The first-order valence-electron chi connectivity index (χ1n) is 5.78. The number of hydrogen-bond donors (Lipinski definition) is 1. The molecular formula is C13H16ClN3S. The third kappa shape index (κ3) is 3.21. The zero-order valence-corrected chi connectivity index (χ0v) is 12.0. The highest BCUT2D eigenvalue weighted by molar-refractivity contribution is 7.98. The molecule has 0 aliphatic rings. The minimum Gasteiger partial charge on any atom is -0.399 e. The number of halogens is 1. The van der Waals surface area contributed by atoms with Gasteiger partial charge in [0.1, 0.15) is 0 Å². The van der Waals surface area contributed by atoms with Gasteiger partial charge in [0.25, 0.3) is 0 Å². The van der Waals surface area contributed by atoms with E-state index < -0.39 is 0 Å². The molecule has 0 bridgehead atoms. The van der Waals surface area contributed by atoms with E-state index in [-0.39, 0.29) is 0 Å². The summed E-state index contributed by atoms with van der Waals surface area (Å²) in [4.78, 5) is 0.996. The van der Waals surface area contributed by atoms with Gasteiger partial charge in [-0.1, -0.05) is 11.6 Å². The Bertz CT molecular complexity index is 537. The van der Waals surface area contributed by atoms with Crippen LogP contribution in [-0.4, -0.2) is 9.78 Å². The van der Waals surface area contributed by atoms with Gasteiger partial charge in [-0.05, 0) is 38.1 Å². The van der Waals surface area contributed by atoms with Crippen molar-refractivity contribution in [2.45, 2.75) is 30.5 Å². The Hall–Kier alpha value is -1.13. The molecule has 0 fully saturated rings. The first-order valence-corrected chi connectivity index (χ1v) is 7.14. The highest BCUT2D eigenvalue weighted by atomic mass is 35.5. The smallest absolute Gasteiger partial charge is 0.0727 e. The molecule has 0 unspecified atom stereocenters. The summed E-state index contributed by atoms with van der Waals surface area (Å²) in [7, 11) is 0. The monoisotopic (exact) mass is 281 g/mol. The average molecular weight is 282 g/mol. The predicted octanol–water partition coefficient (Wildman–Crippen LogP) is 3.99. The standard InChI is InChI=1S/C13H16ClN3S/c1-9(2)17-6-5-11(16-17)8-18-13-7-10(15)3-4-12(13)14/h3-7,9H,8,15H2,1-2H3. The van der Waals surface area contributed by atoms with Crippen molar-refractivity contribution in [2.75, 3.05) is 5.73 Å². The summed E-state index contributed by atoms with van der Waals surface area (Å²) in [5, 5.41) is 5.23. The second-order valence-corrected chi connectivity index (χ2v) is 5.78. The molecule has 0 aliphatic carbocycles. The lowest BCUT2D eigenvalue weighted by Gasteiger charge is -2.05. The van der Waals surface area contributed by atoms with Crippen LogP contribution < -0.4 is 5.73 Å². The van der Waals surface area contributed by atoms with E-state index in [9.17, 15) is 0 Å². The molecule has 1 aromatic heterocycles. The predicted molar refractivity (Wildman–Crippen MR) is 78.0 cm³/mol. The molecule has 0 aliphatic heterocycles. The number of rotatable bonds is 4. The van der Waals surface area contributed by atoms with Gasteiger partial charge >= 0.3 is 0 Å². The number of benzene rings is 1. The number of thioether (sulfide) groups is 1. The summed E-state index contributed by atoms with van der Waals surface area (Å²) in [6.45, 7) is 4.22. The molecule has 2 aromatic rings. The van der Waals surface area contributed by atoms with Crippen LogP contribution in [0, 0.1) is 0 Å². The van der Waals surface area contributed by atoms with Crippen LogP contribution in [0.4, 0.5) is 5.69 Å². The lowest BCUT2D eigenvalue weighted by atomic mass is 10.3. The molecule has 18 heavy (non-hydrogen) atoms. The van der Waals surface area contributed by atoms with E-state index in [4.69, 9.17) is 17.3 Å². The van der Waals surface area contributed by atoms with Crippen LogP contribution in [0.3, 0.4) is 0 Å². The van der Waals surface area contributed by atoms with E-state index in [1.807, 2.05) is 29.1 Å². The van der Waals surface area contributed by atoms with E-state index in [0.717, 1.165) is 27.1 Å². The van der Waals surface area contributed by atoms with Gasteiger partial charge in [0.2, 0.25) is 0 Å². The summed E-state index contributed by atoms with van der Waals surface area (Å²) in [5.74, 6) is 0.795. The maximum atomic E-state index is 6.12. The Balaban J connectivity index is 2.04. The SMILES string of the molecule is CC(C)n1ccc(CSc2cc(N)ccc2Cl)n1. The van der Waals surface area contributed by atoms with Crippen molar-refractivity contribution < 1.29 is 0 Å². The maximum Gasteiger partial charge on any atom is 0.0727 e. The first-order chi connectivity index (χ1) is 8.56. The fraction of sp³-hybridized carbons (Fsp3) is 0.308. The van der Waals surface area contributed by atoms with Crippen molar-refractivity contribution in [3.05, 3.63) is 41.2 Å². The third-order valence-electron chi connectivity index (χ3n) is 2.52. The molecular weight excluding hydrogens is 266 g/mol. The summed E-state index contributed by atoms with van der Waals surface area (Å²) in [6.07, 6.45) is 2.00. The van der Waals surface area contributed by atoms with Crippen LogP contribution >= 0.6 is 23.4 Å². The van der Waals surface area contributed by atoms with Crippen LogP contribution in [0.25, 0.3) is 0 Å². The van der Waals surface area contributed by atoms with Gasteiger partial charge in [-0.2, -0.15) is 5.10 Å². The van der Waals surface area contributed by atoms with Gasteiger partial charge in [0.15, 0.2) is 0 Å². The molecule has 0 saturated carbocycles. The van der Waals surface area contributed by atoms with Crippen molar-refractivity contribution in [1.29, 1.82) is 0 Å². The van der Waals surface area contributed by atoms with Crippen molar-refractivity contribution >= 4 is 29.1 Å². The Morgan fingerprint density at radius 2 is 2.17 bits per heavy atom. The molecule has 2 rings (SSSR count). The third-order valence-corrected chi connectivity index (χ3v) is 4.05. The molecule has 5 heteroatoms. The molecule has 1 aromatic carbocycles. The fourth-order valence-electron chi connectivity index (χ4n) is 1.52. The molecule has 3 nitrogen and oxygen atoms in total. The highest BCUT2D eigenvalue weighted by Crippen LogP contribution is 2.31. The zero-order valence-electron chi connectivity index (χ0n) is 10.4. The van der Waals surface area contributed by atoms with Gasteiger partial charge in [0, 0.05) is 28.6 Å². The van der Waals surface area contributed by atoms with Gasteiger partial charge in [-0.3, -0.25) is 4.68 Å². The van der Waals surface area contributed by atoms with E-state index in [1.54, 1.807) is 17.8 Å². The van der Waals surface area contributed by atoms with E-state index in [2.05, 4.69) is 18.9 Å². The van der Waals surface area contributed by atoms with E-state index in [0.29, 0.717) is 6.04 Å². The van der Waals surface area contributed by atoms with Crippen LogP contribution in [0.2, 0.25) is 5.02 Å². The zero-order chi connectivity index (χ0) is 13.1. The van der Waals surface area contributed by atoms with Crippen LogP contribution in [0.5, 0.6) is 0 Å². The Morgan fingerprint density at radius 3 is 2.83 bits per heavy atom. The molecule has 0 amide bonds. The second kappa shape index (κ2) is 5.67. The van der Waals surface area contributed by atoms with Gasteiger partial charge < -0.3 is 5.73 Å². The summed E-state index contributed by atoms with van der Waals surface area (Å²) >= 11 is 7.77. The molecule has 0 radical (unpaired) electrons. The number of nitrogen functional groups attached to an aromatic ring is 1. The molecule has 2 N–H and O–H groups in total. The minimum atomic E-state index is 0.389. The van der Waals surface area contributed by atoms with Crippen LogP contribution in [-0.2, 0) is 5.75 Å². The summed E-state index contributed by atoms with van der Waals surface area (Å²) in [6, 6.07) is 7.95. The van der Waals surface area contributed by atoms with E-state index in [1.165, 1.54) is 0 Å². The van der Waals surface area contributed by atoms with Gasteiger partial charge in [-0.25, -0.2) is 0 Å². The lowest BCUT2D eigenvalue weighted by molar-refractivity contribution is 0.529. The number of nitrogens with two attached hydrogens (primary N) is 1. The quantitative estimate of drug-likeness (QED) is 0.681. The molecule has 0 spiro atoms. The molecule has 0 saturated heterocycles. The van der Waals surface area contributed by atoms with Crippen LogP contribution in [0.15, 0.2) is 35.4 Å². The van der Waals surface area contributed by atoms with Crippen LogP contribution in [0.1, 0.15) is 25.6 Å². The summed E-state index contributed by atoms with van der Waals surface area (Å²) < 4.78 is 1.96. The topological polar surface area (TPSA) is 43.8 Å². The number of anilines is 1. The highest BCUT2D eigenvalue weighted by Gasteiger charge is 2.05. The number of aromatic nitrogens is 2. The van der Waals surface area contributed by atoms with Crippen molar-refractivity contribution in [2.24, 2.45) is 0 Å². The largest absolute Gasteiger partial charge is 0.399 e. The minimum absolute atomic E-state index is 0.389. The molecule has 1 heterocycles. The maximum absolute atomic E-state index is 6.12. The van der Waals surface area contributed by atoms with Gasteiger partial charge in [0.05, 0.1) is 10.7 Å². The first kappa shape index (κ1) is 13.3. The average Bonchev–Trinajstić information content (AvgIpc) is 2.79. The normalized spacial score (nSPS) is 11.1. The van der Waals surface area contributed by atoms with Gasteiger partial charge in [-0.15, -0.1) is 11.8 Å². The number of nitrogens with zero attached hydrogens (tertiary/aromatic N) is 2. The second-order valence-electron chi connectivity index (χ2n) is 4.36. The molecule has 96 valence electrons. The Morgan fingerprint density at radius 1 is 1.39 bits per heavy atom. The Labute approximate surface area is 116 Å². The molecule has 0 atom stereocenters. The number of hydrogen-bond acceptors (Lipinski definition) is 3.